The molecule has 33 heavy (non-hydrogen) atoms. The fraction of sp³-hybridized carbons (Fsp3) is 0.360. The van der Waals surface area contributed by atoms with Crippen LogP contribution in [0.25, 0.3) is 10.9 Å². The molecule has 8 heteroatoms. The van der Waals surface area contributed by atoms with Crippen molar-refractivity contribution in [3.05, 3.63) is 71.7 Å². The topological polar surface area (TPSA) is 54.8 Å². The van der Waals surface area contributed by atoms with Gasteiger partial charge in [-0.2, -0.15) is 0 Å². The highest BCUT2D eigenvalue weighted by Crippen LogP contribution is 2.22. The van der Waals surface area contributed by atoms with E-state index in [0.717, 1.165) is 37.0 Å². The van der Waals surface area contributed by atoms with Crippen LogP contribution in [-0.2, 0) is 22.5 Å². The van der Waals surface area contributed by atoms with Crippen LogP contribution in [0.1, 0.15) is 22.8 Å². The maximum absolute atomic E-state index is 13.1. The molecule has 1 aromatic heterocycles. The lowest BCUT2D eigenvalue weighted by Crippen LogP contribution is -2.49. The van der Waals surface area contributed by atoms with E-state index < -0.39 is 0 Å². The summed E-state index contributed by atoms with van der Waals surface area (Å²) in [6.07, 6.45) is 2.91. The van der Waals surface area contributed by atoms with Crippen molar-refractivity contribution in [3.8, 4) is 0 Å². The molecular weight excluding hydrogens is 445 g/mol. The Kier molecular flexibility index (Phi) is 8.47. The zero-order chi connectivity index (χ0) is 22.5. The maximum atomic E-state index is 13.1. The van der Waals surface area contributed by atoms with Crippen molar-refractivity contribution < 1.29 is 18.7 Å². The van der Waals surface area contributed by atoms with Crippen molar-refractivity contribution in [2.24, 2.45) is 0 Å². The first-order valence-electron chi connectivity index (χ1n) is 11.0. The number of para-hydroxylation sites is 1. The summed E-state index contributed by atoms with van der Waals surface area (Å²) in [5.74, 6) is -0.622. The van der Waals surface area contributed by atoms with Crippen LogP contribution in [0.2, 0.25) is 0 Å². The molecule has 3 aromatic rings. The molecule has 0 saturated carbocycles. The second-order valence-corrected chi connectivity index (χ2v) is 8.00. The smallest absolute Gasteiger partial charge is 0.325 e. The van der Waals surface area contributed by atoms with E-state index in [1.165, 1.54) is 29.8 Å². The number of halogens is 2. The molecule has 0 aliphatic carbocycles. The maximum Gasteiger partial charge on any atom is 0.325 e. The van der Waals surface area contributed by atoms with Gasteiger partial charge < -0.3 is 14.2 Å². The molecule has 0 radical (unpaired) electrons. The number of aromatic nitrogens is 1. The lowest BCUT2D eigenvalue weighted by molar-refractivity contribution is -0.143. The van der Waals surface area contributed by atoms with E-state index in [4.69, 9.17) is 4.74 Å². The molecule has 1 fully saturated rings. The van der Waals surface area contributed by atoms with E-state index in [2.05, 4.69) is 17.2 Å². The van der Waals surface area contributed by atoms with Gasteiger partial charge in [-0.05, 0) is 49.2 Å². The van der Waals surface area contributed by atoms with Crippen LogP contribution >= 0.6 is 12.4 Å². The predicted octanol–water partition coefficient (Wildman–Crippen LogP) is 3.77. The van der Waals surface area contributed by atoms with Crippen LogP contribution in [-0.4, -0.2) is 65.6 Å². The summed E-state index contributed by atoms with van der Waals surface area (Å²) < 4.78 is 20.2. The Balaban J connectivity index is 0.00000306. The second kappa shape index (κ2) is 11.3. The molecule has 6 nitrogen and oxygen atoms in total. The van der Waals surface area contributed by atoms with E-state index >= 15 is 0 Å². The van der Waals surface area contributed by atoms with E-state index in [-0.39, 0.29) is 36.6 Å². The van der Waals surface area contributed by atoms with Crippen LogP contribution in [0, 0.1) is 5.82 Å². The van der Waals surface area contributed by atoms with Gasteiger partial charge in [-0.3, -0.25) is 14.5 Å². The van der Waals surface area contributed by atoms with Crippen molar-refractivity contribution in [1.29, 1.82) is 0 Å². The summed E-state index contributed by atoms with van der Waals surface area (Å²) in [6.45, 7) is 6.18. The van der Waals surface area contributed by atoms with Crippen LogP contribution in [0.5, 0.6) is 0 Å². The number of hydrogen-bond donors (Lipinski definition) is 0. The molecule has 1 saturated heterocycles. The van der Waals surface area contributed by atoms with Crippen molar-refractivity contribution in [1.82, 2.24) is 14.4 Å². The summed E-state index contributed by atoms with van der Waals surface area (Å²) in [4.78, 5) is 28.8. The van der Waals surface area contributed by atoms with Crippen molar-refractivity contribution >= 4 is 35.2 Å². The van der Waals surface area contributed by atoms with E-state index in [1.54, 1.807) is 0 Å². The van der Waals surface area contributed by atoms with Gasteiger partial charge in [0.2, 0.25) is 0 Å². The molecule has 0 N–H and O–H groups in total. The Morgan fingerprint density at radius 3 is 2.39 bits per heavy atom. The summed E-state index contributed by atoms with van der Waals surface area (Å²) in [7, 11) is 0. The molecule has 4 rings (SSSR count). The fourth-order valence-electron chi connectivity index (χ4n) is 4.23. The molecule has 1 aliphatic rings. The first-order valence-corrected chi connectivity index (χ1v) is 11.0. The molecule has 1 aliphatic heterocycles. The number of hydrogen-bond acceptors (Lipinski definition) is 4. The van der Waals surface area contributed by atoms with E-state index in [9.17, 15) is 14.0 Å². The predicted molar refractivity (Wildman–Crippen MR) is 128 cm³/mol. The molecular formula is C25H29ClFN3O3. The molecule has 176 valence electrons. The molecule has 0 spiro atoms. The third-order valence-corrected chi connectivity index (χ3v) is 5.92. The zero-order valence-corrected chi connectivity index (χ0v) is 19.5. The fourth-order valence-corrected chi connectivity index (χ4v) is 4.23. The monoisotopic (exact) mass is 473 g/mol. The van der Waals surface area contributed by atoms with E-state index in [1.807, 2.05) is 34.6 Å². The highest BCUT2D eigenvalue weighted by atomic mass is 35.5. The second-order valence-electron chi connectivity index (χ2n) is 8.00. The molecule has 0 bridgehead atoms. The van der Waals surface area contributed by atoms with Gasteiger partial charge in [0.05, 0.1) is 6.61 Å². The Bertz CT molecular complexity index is 1090. The minimum atomic E-state index is -0.338. The van der Waals surface area contributed by atoms with Gasteiger partial charge in [0.25, 0.3) is 5.91 Å². The summed E-state index contributed by atoms with van der Waals surface area (Å²) in [5, 5.41) is 1.15. The third kappa shape index (κ3) is 5.92. The van der Waals surface area contributed by atoms with Crippen molar-refractivity contribution in [2.45, 2.75) is 19.9 Å². The Morgan fingerprint density at radius 1 is 1.00 bits per heavy atom. The summed E-state index contributed by atoms with van der Waals surface area (Å²) >= 11 is 0. The first-order chi connectivity index (χ1) is 15.5. The summed E-state index contributed by atoms with van der Waals surface area (Å²) in [6, 6.07) is 13.8. The van der Waals surface area contributed by atoms with Crippen LogP contribution in [0.15, 0.2) is 54.7 Å². The summed E-state index contributed by atoms with van der Waals surface area (Å²) in [5.41, 5.74) is 2.76. The van der Waals surface area contributed by atoms with Gasteiger partial charge in [-0.15, -0.1) is 12.4 Å². The number of rotatable bonds is 7. The quantitative estimate of drug-likeness (QED) is 0.490. The number of piperazine rings is 1. The number of benzene rings is 2. The molecule has 0 unspecified atom stereocenters. The lowest BCUT2D eigenvalue weighted by atomic mass is 10.1. The van der Waals surface area contributed by atoms with Gasteiger partial charge in [0, 0.05) is 55.4 Å². The Labute approximate surface area is 199 Å². The number of ether oxygens (including phenoxy) is 1. The zero-order valence-electron chi connectivity index (χ0n) is 18.7. The average molecular weight is 474 g/mol. The first kappa shape index (κ1) is 24.7. The number of amides is 1. The molecule has 2 heterocycles. The number of nitrogens with zero attached hydrogens (tertiary/aromatic N) is 3. The average Bonchev–Trinajstić information content (AvgIpc) is 3.15. The molecule has 2 aromatic carbocycles. The van der Waals surface area contributed by atoms with Gasteiger partial charge in [0.1, 0.15) is 12.4 Å². The SMILES string of the molecule is CCOC(=O)Cn1cc(CCN2CCN(C(=O)c3ccc(F)cc3)CC2)c2ccccc21.Cl. The highest BCUT2D eigenvalue weighted by Gasteiger charge is 2.22. The number of carbonyl (C=O) groups is 2. The number of fused-ring (bicyclic) bond motifs is 1. The standard InChI is InChI=1S/C25H28FN3O3.ClH/c1-2-32-24(30)18-29-17-20(22-5-3-4-6-23(22)29)11-12-27-13-15-28(16-14-27)25(31)19-7-9-21(26)10-8-19;/h3-10,17H,2,11-16,18H2,1H3;1H. The van der Waals surface area contributed by atoms with Gasteiger partial charge in [-0.1, -0.05) is 18.2 Å². The van der Waals surface area contributed by atoms with Crippen LogP contribution < -0.4 is 0 Å². The molecule has 1 amide bonds. The normalized spacial score (nSPS) is 14.2. The molecule has 0 atom stereocenters. The van der Waals surface area contributed by atoms with E-state index in [0.29, 0.717) is 25.3 Å². The minimum absolute atomic E-state index is 0. The van der Waals surface area contributed by atoms with Gasteiger partial charge in [0.15, 0.2) is 0 Å². The Morgan fingerprint density at radius 2 is 1.70 bits per heavy atom. The Hall–Kier alpha value is -2.90. The van der Waals surface area contributed by atoms with Crippen LogP contribution in [0.4, 0.5) is 4.39 Å². The van der Waals surface area contributed by atoms with Gasteiger partial charge >= 0.3 is 5.97 Å². The number of esters is 1. The highest BCUT2D eigenvalue weighted by molar-refractivity contribution is 5.94. The van der Waals surface area contributed by atoms with Gasteiger partial charge in [-0.25, -0.2) is 4.39 Å². The largest absolute Gasteiger partial charge is 0.465 e. The number of carbonyl (C=O) groups excluding carboxylic acids is 2. The van der Waals surface area contributed by atoms with Crippen molar-refractivity contribution in [2.75, 3.05) is 39.3 Å². The third-order valence-electron chi connectivity index (χ3n) is 5.92. The van der Waals surface area contributed by atoms with Crippen molar-refractivity contribution in [3.63, 3.8) is 0 Å². The minimum Gasteiger partial charge on any atom is -0.465 e. The van der Waals surface area contributed by atoms with Crippen LogP contribution in [0.3, 0.4) is 0 Å². The lowest BCUT2D eigenvalue weighted by Gasteiger charge is -2.34.